The molecule has 6 rings (SSSR count). The Morgan fingerprint density at radius 3 is 2.48 bits per heavy atom. The Labute approximate surface area is 280 Å². The number of rotatable bonds is 6. The van der Waals surface area contributed by atoms with E-state index in [2.05, 4.69) is 42.2 Å². The fraction of sp³-hybridized carbons (Fsp3) is 0.378. The van der Waals surface area contributed by atoms with Crippen LogP contribution in [-0.2, 0) is 30.2 Å². The van der Waals surface area contributed by atoms with Gasteiger partial charge in [0.15, 0.2) is 0 Å². The van der Waals surface area contributed by atoms with Gasteiger partial charge in [0.1, 0.15) is 11.5 Å². The largest absolute Gasteiger partial charge is 0.392 e. The van der Waals surface area contributed by atoms with Crippen molar-refractivity contribution >= 4 is 29.0 Å². The lowest BCUT2D eigenvalue weighted by atomic mass is 9.84. The van der Waals surface area contributed by atoms with Crippen LogP contribution in [0.3, 0.4) is 0 Å². The van der Waals surface area contributed by atoms with Crippen molar-refractivity contribution in [1.82, 2.24) is 19.7 Å². The number of aliphatic hydroxyl groups is 1. The van der Waals surface area contributed by atoms with Crippen LogP contribution in [0, 0.1) is 0 Å². The van der Waals surface area contributed by atoms with Crippen LogP contribution in [0.15, 0.2) is 65.6 Å². The van der Waals surface area contributed by atoms with Crippen molar-refractivity contribution in [2.45, 2.75) is 52.1 Å². The summed E-state index contributed by atoms with van der Waals surface area (Å²) in [6, 6.07) is 16.6. The number of benzene rings is 2. The molecule has 2 aliphatic rings. The number of morpholine rings is 1. The minimum Gasteiger partial charge on any atom is -0.392 e. The molecule has 0 aliphatic carbocycles. The second-order valence-electron chi connectivity index (χ2n) is 13.3. The molecule has 0 spiro atoms. The molecule has 2 N–H and O–H groups in total. The molecular formula is C37H42N6O5. The number of hydrogen-bond acceptors (Lipinski definition) is 8. The maximum absolute atomic E-state index is 14.1. The summed E-state index contributed by atoms with van der Waals surface area (Å²) in [7, 11) is 1.56. The number of carbonyl (C=O) groups excluding carboxylic acids is 2. The fourth-order valence-electron chi connectivity index (χ4n) is 6.28. The average molecular weight is 651 g/mol. The summed E-state index contributed by atoms with van der Waals surface area (Å²) in [4.78, 5) is 48.0. The van der Waals surface area contributed by atoms with Gasteiger partial charge in [-0.2, -0.15) is 5.10 Å². The van der Waals surface area contributed by atoms with Crippen LogP contribution >= 0.6 is 0 Å². The number of aryl methyl sites for hydroxylation is 2. The Kier molecular flexibility index (Phi) is 9.43. The van der Waals surface area contributed by atoms with Gasteiger partial charge in [-0.25, -0.2) is 9.67 Å². The molecular weight excluding hydrogens is 608 g/mol. The van der Waals surface area contributed by atoms with Gasteiger partial charge >= 0.3 is 0 Å². The molecule has 2 amide bonds. The lowest BCUT2D eigenvalue weighted by molar-refractivity contribution is 0.0302. The van der Waals surface area contributed by atoms with Crippen molar-refractivity contribution in [3.05, 3.63) is 99.0 Å². The number of pyridine rings is 1. The van der Waals surface area contributed by atoms with Gasteiger partial charge in [-0.05, 0) is 66.1 Å². The summed E-state index contributed by atoms with van der Waals surface area (Å²) >= 11 is 0. The van der Waals surface area contributed by atoms with Gasteiger partial charge in [0, 0.05) is 49.6 Å². The van der Waals surface area contributed by atoms with Crippen molar-refractivity contribution < 1.29 is 19.4 Å². The normalized spacial score (nSPS) is 15.5. The third kappa shape index (κ3) is 6.74. The number of aromatic nitrogens is 3. The summed E-state index contributed by atoms with van der Waals surface area (Å²) < 4.78 is 6.57. The minimum absolute atomic E-state index is 0.0311. The Hall–Kier alpha value is -4.87. The molecule has 1 fully saturated rings. The van der Waals surface area contributed by atoms with Crippen molar-refractivity contribution in [2.75, 3.05) is 43.1 Å². The first-order chi connectivity index (χ1) is 23.0. The second-order valence-corrected chi connectivity index (χ2v) is 13.3. The predicted molar refractivity (Wildman–Crippen MR) is 185 cm³/mol. The summed E-state index contributed by atoms with van der Waals surface area (Å²) in [6.07, 6.45) is 4.08. The highest BCUT2D eigenvalue weighted by molar-refractivity contribution is 6.08. The lowest BCUT2D eigenvalue weighted by Crippen LogP contribution is -2.40. The van der Waals surface area contributed by atoms with E-state index in [-0.39, 0.29) is 35.1 Å². The van der Waals surface area contributed by atoms with E-state index in [1.807, 2.05) is 30.3 Å². The summed E-state index contributed by atoms with van der Waals surface area (Å²) in [5, 5.41) is 18.3. The van der Waals surface area contributed by atoms with Gasteiger partial charge in [-0.3, -0.25) is 14.4 Å². The smallest absolute Gasteiger partial charge is 0.290 e. The molecule has 0 saturated carbocycles. The maximum atomic E-state index is 14.1. The number of amides is 2. The summed E-state index contributed by atoms with van der Waals surface area (Å²) in [6.45, 7) is 8.76. The molecule has 4 heterocycles. The highest BCUT2D eigenvalue weighted by Gasteiger charge is 2.27. The first-order valence-electron chi connectivity index (χ1n) is 16.4. The van der Waals surface area contributed by atoms with E-state index < -0.39 is 0 Å². The minimum atomic E-state index is -0.374. The predicted octanol–water partition coefficient (Wildman–Crippen LogP) is 4.83. The van der Waals surface area contributed by atoms with Gasteiger partial charge < -0.3 is 25.0 Å². The fourth-order valence-corrected chi connectivity index (χ4v) is 6.28. The van der Waals surface area contributed by atoms with E-state index in [9.17, 15) is 19.5 Å². The van der Waals surface area contributed by atoms with E-state index >= 15 is 0 Å². The molecule has 2 aromatic carbocycles. The van der Waals surface area contributed by atoms with Gasteiger partial charge in [-0.1, -0.05) is 45.0 Å². The number of fused-ring (bicyclic) bond motifs is 1. The first kappa shape index (κ1) is 33.0. The number of aliphatic hydroxyl groups excluding tert-OH is 1. The zero-order valence-electron chi connectivity index (χ0n) is 28.0. The monoisotopic (exact) mass is 650 g/mol. The van der Waals surface area contributed by atoms with Crippen LogP contribution in [0.1, 0.15) is 71.0 Å². The number of anilines is 3. The van der Waals surface area contributed by atoms with E-state index in [1.165, 1.54) is 16.4 Å². The van der Waals surface area contributed by atoms with Crippen molar-refractivity contribution in [2.24, 2.45) is 7.05 Å². The molecule has 2 aromatic heterocycles. The maximum Gasteiger partial charge on any atom is 0.290 e. The van der Waals surface area contributed by atoms with Gasteiger partial charge in [0.05, 0.1) is 36.8 Å². The summed E-state index contributed by atoms with van der Waals surface area (Å²) in [5.74, 6) is 0.167. The number of carbonyl (C=O) groups is 2. The summed E-state index contributed by atoms with van der Waals surface area (Å²) in [5.41, 5.74) is 5.38. The van der Waals surface area contributed by atoms with Crippen LogP contribution in [0.25, 0.3) is 11.3 Å². The number of nitrogens with one attached hydrogen (secondary N) is 1. The van der Waals surface area contributed by atoms with Gasteiger partial charge in [0.2, 0.25) is 0 Å². The highest BCUT2D eigenvalue weighted by Crippen LogP contribution is 2.34. The van der Waals surface area contributed by atoms with Crippen molar-refractivity contribution in [1.29, 1.82) is 0 Å². The van der Waals surface area contributed by atoms with E-state index in [1.54, 1.807) is 35.0 Å². The van der Waals surface area contributed by atoms with Crippen molar-refractivity contribution in [3.63, 3.8) is 0 Å². The van der Waals surface area contributed by atoms with E-state index in [0.717, 1.165) is 24.8 Å². The zero-order chi connectivity index (χ0) is 34.0. The average Bonchev–Trinajstić information content (AvgIpc) is 3.08. The highest BCUT2D eigenvalue weighted by atomic mass is 16.5. The quantitative estimate of drug-likeness (QED) is 0.304. The molecule has 0 bridgehead atoms. The van der Waals surface area contributed by atoms with E-state index in [0.29, 0.717) is 72.3 Å². The topological polar surface area (TPSA) is 130 Å². The van der Waals surface area contributed by atoms with Gasteiger partial charge in [-0.15, -0.1) is 0 Å². The molecule has 250 valence electrons. The molecule has 4 aromatic rings. The molecule has 48 heavy (non-hydrogen) atoms. The number of nitrogens with zero attached hydrogens (tertiary/aromatic N) is 5. The Morgan fingerprint density at radius 2 is 1.77 bits per heavy atom. The Bertz CT molecular complexity index is 1890. The molecule has 11 nitrogen and oxygen atoms in total. The Morgan fingerprint density at radius 1 is 0.979 bits per heavy atom. The Balaban J connectivity index is 1.31. The molecule has 0 unspecified atom stereocenters. The molecule has 2 aliphatic heterocycles. The molecule has 11 heteroatoms. The standard InChI is InChI=1S/C37H42N6O5/c1-37(2,3)26-12-13-27-24(20-26)8-5-6-15-43(35(27)46)32-10-7-9-28(29(32)23-44)30-21-31(36(47)41(4)40-30)39-33-14-11-25(22-38-33)34(45)42-16-18-48-19-17-42/h7,9-14,20-22,44H,5-6,8,15-19,23H2,1-4H3,(H,38,39). The third-order valence-corrected chi connectivity index (χ3v) is 9.04. The van der Waals surface area contributed by atoms with Gasteiger partial charge in [0.25, 0.3) is 17.4 Å². The van der Waals surface area contributed by atoms with Crippen LogP contribution in [-0.4, -0.2) is 69.4 Å². The number of hydrogen-bond donors (Lipinski definition) is 2. The SMILES string of the molecule is Cn1nc(-c2cccc(N3CCCCc4cc(C(C)(C)C)ccc4C3=O)c2CO)cc(Nc2ccc(C(=O)N3CCOCC3)cn2)c1=O. The van der Waals surface area contributed by atoms with Crippen LogP contribution in [0.5, 0.6) is 0 Å². The molecule has 1 saturated heterocycles. The van der Waals surface area contributed by atoms with Crippen molar-refractivity contribution in [3.8, 4) is 11.3 Å². The number of ether oxygens (including phenoxy) is 1. The van der Waals surface area contributed by atoms with E-state index in [4.69, 9.17) is 4.74 Å². The second kappa shape index (κ2) is 13.7. The van der Waals surface area contributed by atoms with Crippen LogP contribution < -0.4 is 15.8 Å². The first-order valence-corrected chi connectivity index (χ1v) is 16.4. The van der Waals surface area contributed by atoms with Crippen LogP contribution in [0.4, 0.5) is 17.2 Å². The molecule has 0 radical (unpaired) electrons. The van der Waals surface area contributed by atoms with Crippen LogP contribution in [0.2, 0.25) is 0 Å². The lowest BCUT2D eigenvalue weighted by Gasteiger charge is -2.30. The molecule has 0 atom stereocenters. The third-order valence-electron chi connectivity index (χ3n) is 9.04. The zero-order valence-corrected chi connectivity index (χ0v) is 28.0.